The maximum absolute atomic E-state index is 6.07. The van der Waals surface area contributed by atoms with Gasteiger partial charge < -0.3 is 5.73 Å². The second kappa shape index (κ2) is 8.55. The fourth-order valence-electron chi connectivity index (χ4n) is 3.60. The average Bonchev–Trinajstić information content (AvgIpc) is 2.75. The molecule has 1 fully saturated rings. The fourth-order valence-corrected chi connectivity index (χ4v) is 3.60. The molecule has 1 aromatic rings. The molecule has 2 atom stereocenters. The van der Waals surface area contributed by atoms with Crippen LogP contribution in [0.25, 0.3) is 0 Å². The molecule has 2 rings (SSSR count). The minimum absolute atomic E-state index is 0.552. The van der Waals surface area contributed by atoms with Gasteiger partial charge in [-0.1, -0.05) is 44.2 Å². The lowest BCUT2D eigenvalue weighted by atomic mass is 9.89. The summed E-state index contributed by atoms with van der Waals surface area (Å²) in [6.07, 6.45) is 6.41. The van der Waals surface area contributed by atoms with Crippen molar-refractivity contribution < 1.29 is 0 Å². The number of likely N-dealkylation sites (tertiary alicyclic amines) is 1. The zero-order chi connectivity index (χ0) is 15.1. The Morgan fingerprint density at radius 1 is 1.14 bits per heavy atom. The number of rotatable bonds is 6. The minimum atomic E-state index is 0.552. The summed E-state index contributed by atoms with van der Waals surface area (Å²) in [7, 11) is 0. The number of aryl methyl sites for hydroxylation is 1. The lowest BCUT2D eigenvalue weighted by molar-refractivity contribution is 0.193. The van der Waals surface area contributed by atoms with Gasteiger partial charge in [-0.15, -0.1) is 0 Å². The maximum atomic E-state index is 6.07. The zero-order valence-corrected chi connectivity index (χ0v) is 13.8. The molecule has 0 aromatic heterocycles. The van der Waals surface area contributed by atoms with Crippen molar-refractivity contribution in [1.82, 2.24) is 4.90 Å². The third kappa shape index (κ3) is 5.12. The molecule has 2 unspecified atom stereocenters. The van der Waals surface area contributed by atoms with E-state index in [-0.39, 0.29) is 0 Å². The van der Waals surface area contributed by atoms with Gasteiger partial charge in [-0.05, 0) is 62.6 Å². The molecule has 1 aromatic carbocycles. The second-order valence-corrected chi connectivity index (χ2v) is 6.88. The number of benzene rings is 1. The van der Waals surface area contributed by atoms with Crippen molar-refractivity contribution in [2.45, 2.75) is 52.0 Å². The first-order valence-electron chi connectivity index (χ1n) is 8.68. The molecule has 0 spiro atoms. The summed E-state index contributed by atoms with van der Waals surface area (Å²) in [5.74, 6) is 1.73. The molecule has 2 nitrogen and oxygen atoms in total. The van der Waals surface area contributed by atoms with E-state index < -0.39 is 0 Å². The number of hydrogen-bond acceptors (Lipinski definition) is 2. The molecule has 0 radical (unpaired) electrons. The monoisotopic (exact) mass is 288 g/mol. The highest BCUT2D eigenvalue weighted by molar-refractivity contribution is 5.14. The molecular weight excluding hydrogens is 256 g/mol. The molecule has 21 heavy (non-hydrogen) atoms. The van der Waals surface area contributed by atoms with E-state index in [1.165, 1.54) is 44.3 Å². The predicted octanol–water partition coefficient (Wildman–Crippen LogP) is 3.70. The van der Waals surface area contributed by atoms with Crippen molar-refractivity contribution >= 4 is 0 Å². The third-order valence-electron chi connectivity index (χ3n) is 5.15. The van der Waals surface area contributed by atoms with Crippen LogP contribution in [0.4, 0.5) is 0 Å². The molecule has 1 heterocycles. The van der Waals surface area contributed by atoms with Crippen molar-refractivity contribution in [3.63, 3.8) is 0 Å². The van der Waals surface area contributed by atoms with Crippen LogP contribution in [-0.2, 0) is 6.42 Å². The molecule has 118 valence electrons. The molecule has 1 saturated heterocycles. The topological polar surface area (TPSA) is 29.3 Å². The Hall–Kier alpha value is -0.860. The largest absolute Gasteiger partial charge is 0.329 e. The van der Waals surface area contributed by atoms with Crippen LogP contribution >= 0.6 is 0 Å². The number of hydrogen-bond donors (Lipinski definition) is 1. The van der Waals surface area contributed by atoms with Gasteiger partial charge in [-0.2, -0.15) is 0 Å². The van der Waals surface area contributed by atoms with Gasteiger partial charge in [0.1, 0.15) is 0 Å². The Morgan fingerprint density at radius 3 is 2.57 bits per heavy atom. The lowest BCUT2D eigenvalue weighted by Gasteiger charge is -2.30. The molecule has 2 N–H and O–H groups in total. The van der Waals surface area contributed by atoms with Crippen molar-refractivity contribution in [2.75, 3.05) is 19.6 Å². The van der Waals surface area contributed by atoms with Gasteiger partial charge in [0.25, 0.3) is 0 Å². The van der Waals surface area contributed by atoms with E-state index in [1.54, 1.807) is 0 Å². The van der Waals surface area contributed by atoms with Crippen LogP contribution in [0, 0.1) is 11.8 Å². The van der Waals surface area contributed by atoms with Crippen LogP contribution in [0.3, 0.4) is 0 Å². The standard InChI is InChI=1S/C19H32N2/c1-16(2)18-9-6-13-21(14-12-18)19(15-20)11-10-17-7-4-3-5-8-17/h3-5,7-8,16,18-19H,6,9-15,20H2,1-2H3. The average molecular weight is 288 g/mol. The van der Waals surface area contributed by atoms with Gasteiger partial charge in [-0.25, -0.2) is 0 Å². The maximum Gasteiger partial charge on any atom is 0.0221 e. The third-order valence-corrected chi connectivity index (χ3v) is 5.15. The van der Waals surface area contributed by atoms with Crippen LogP contribution < -0.4 is 5.73 Å². The van der Waals surface area contributed by atoms with E-state index >= 15 is 0 Å². The molecule has 0 bridgehead atoms. The number of nitrogens with two attached hydrogens (primary N) is 1. The van der Waals surface area contributed by atoms with Crippen LogP contribution in [0.1, 0.15) is 45.1 Å². The van der Waals surface area contributed by atoms with Crippen LogP contribution in [0.15, 0.2) is 30.3 Å². The highest BCUT2D eigenvalue weighted by atomic mass is 15.2. The Labute approximate surface area is 130 Å². The predicted molar refractivity (Wildman–Crippen MR) is 91.4 cm³/mol. The van der Waals surface area contributed by atoms with Crippen LogP contribution in [0.5, 0.6) is 0 Å². The van der Waals surface area contributed by atoms with Gasteiger partial charge in [-0.3, -0.25) is 4.90 Å². The van der Waals surface area contributed by atoms with Crippen LogP contribution in [-0.4, -0.2) is 30.6 Å². The molecule has 2 heteroatoms. The van der Waals surface area contributed by atoms with E-state index in [4.69, 9.17) is 5.73 Å². The van der Waals surface area contributed by atoms with E-state index in [2.05, 4.69) is 49.1 Å². The van der Waals surface area contributed by atoms with Crippen molar-refractivity contribution in [3.8, 4) is 0 Å². The fraction of sp³-hybridized carbons (Fsp3) is 0.684. The smallest absolute Gasteiger partial charge is 0.0221 e. The SMILES string of the molecule is CC(C)C1CCCN(C(CN)CCc2ccccc2)CC1. The van der Waals surface area contributed by atoms with E-state index in [9.17, 15) is 0 Å². The Kier molecular flexibility index (Phi) is 6.72. The molecular formula is C19H32N2. The summed E-state index contributed by atoms with van der Waals surface area (Å²) in [6, 6.07) is 11.4. The summed E-state index contributed by atoms with van der Waals surface area (Å²) in [5, 5.41) is 0. The molecule has 1 aliphatic heterocycles. The molecule has 0 amide bonds. The van der Waals surface area contributed by atoms with E-state index in [0.717, 1.165) is 24.8 Å². The van der Waals surface area contributed by atoms with Gasteiger partial charge in [0, 0.05) is 12.6 Å². The van der Waals surface area contributed by atoms with Crippen molar-refractivity contribution in [2.24, 2.45) is 17.6 Å². The normalized spacial score (nSPS) is 22.2. The summed E-state index contributed by atoms with van der Waals surface area (Å²) < 4.78 is 0. The highest BCUT2D eigenvalue weighted by Crippen LogP contribution is 2.26. The summed E-state index contributed by atoms with van der Waals surface area (Å²) >= 11 is 0. The lowest BCUT2D eigenvalue weighted by Crippen LogP contribution is -2.41. The van der Waals surface area contributed by atoms with Gasteiger partial charge in [0.2, 0.25) is 0 Å². The summed E-state index contributed by atoms with van der Waals surface area (Å²) in [5.41, 5.74) is 7.51. The Bertz CT molecular complexity index is 388. The first kappa shape index (κ1) is 16.5. The zero-order valence-electron chi connectivity index (χ0n) is 13.8. The highest BCUT2D eigenvalue weighted by Gasteiger charge is 2.23. The van der Waals surface area contributed by atoms with Crippen molar-refractivity contribution in [3.05, 3.63) is 35.9 Å². The first-order chi connectivity index (χ1) is 10.2. The van der Waals surface area contributed by atoms with Crippen molar-refractivity contribution in [1.29, 1.82) is 0 Å². The van der Waals surface area contributed by atoms with E-state index in [1.807, 2.05) is 0 Å². The van der Waals surface area contributed by atoms with Gasteiger partial charge in [0.15, 0.2) is 0 Å². The summed E-state index contributed by atoms with van der Waals surface area (Å²) in [4.78, 5) is 2.66. The van der Waals surface area contributed by atoms with Gasteiger partial charge >= 0.3 is 0 Å². The van der Waals surface area contributed by atoms with E-state index in [0.29, 0.717) is 6.04 Å². The quantitative estimate of drug-likeness (QED) is 0.864. The van der Waals surface area contributed by atoms with Crippen LogP contribution in [0.2, 0.25) is 0 Å². The molecule has 0 aliphatic carbocycles. The first-order valence-corrected chi connectivity index (χ1v) is 8.68. The minimum Gasteiger partial charge on any atom is -0.329 e. The summed E-state index contributed by atoms with van der Waals surface area (Å²) in [6.45, 7) is 8.00. The Morgan fingerprint density at radius 2 is 1.90 bits per heavy atom. The molecule has 0 saturated carbocycles. The Balaban J connectivity index is 1.85. The molecule has 1 aliphatic rings. The van der Waals surface area contributed by atoms with Gasteiger partial charge in [0.05, 0.1) is 0 Å². The second-order valence-electron chi connectivity index (χ2n) is 6.88. The number of nitrogens with zero attached hydrogens (tertiary/aromatic N) is 1.